The van der Waals surface area contributed by atoms with Crippen LogP contribution in [0.15, 0.2) is 95.9 Å². The van der Waals surface area contributed by atoms with Crippen LogP contribution in [0, 0.1) is 5.41 Å². The number of nitrogen functional groups attached to an aromatic ring is 1. The van der Waals surface area contributed by atoms with Gasteiger partial charge in [0.1, 0.15) is 42.3 Å². The van der Waals surface area contributed by atoms with E-state index in [1.807, 2.05) is 6.07 Å². The van der Waals surface area contributed by atoms with Gasteiger partial charge >= 0.3 is 31.2 Å². The maximum Gasteiger partial charge on any atom is 0.397 e. The highest BCUT2D eigenvalue weighted by Crippen LogP contribution is 2.27. The van der Waals surface area contributed by atoms with Gasteiger partial charge in [0.05, 0.1) is 43.7 Å². The fraction of sp³-hybridized carbons (Fsp3) is 0.426. The van der Waals surface area contributed by atoms with Crippen molar-refractivity contribution in [1.82, 2.24) is 20.3 Å². The highest BCUT2D eigenvalue weighted by atomic mass is 32.3. The molecule has 80 heavy (non-hydrogen) atoms. The van der Waals surface area contributed by atoms with Crippen molar-refractivity contribution >= 4 is 98.9 Å². The Hall–Kier alpha value is -5.76. The van der Waals surface area contributed by atoms with Crippen molar-refractivity contribution in [3.05, 3.63) is 108 Å². The first kappa shape index (κ1) is 63.4. The molecule has 4 aromatic carbocycles. The van der Waals surface area contributed by atoms with Crippen LogP contribution in [-0.4, -0.2) is 182 Å². The summed E-state index contributed by atoms with van der Waals surface area (Å²) in [5, 5.41) is 17.2. The molecule has 10 N–H and O–H groups in total. The molecule has 0 radical (unpaired) electrons. The summed E-state index contributed by atoms with van der Waals surface area (Å²) in [4.78, 5) is 56.0. The molecule has 438 valence electrons. The van der Waals surface area contributed by atoms with E-state index in [4.69, 9.17) is 34.5 Å². The zero-order chi connectivity index (χ0) is 58.3. The van der Waals surface area contributed by atoms with Crippen LogP contribution < -0.4 is 26.4 Å². The van der Waals surface area contributed by atoms with Gasteiger partial charge in [-0.1, -0.05) is 54.6 Å². The molecule has 2 heterocycles. The molecule has 2 saturated heterocycles. The Morgan fingerprint density at radius 2 is 1.43 bits per heavy atom. The molecule has 2 aliphatic heterocycles. The van der Waals surface area contributed by atoms with E-state index in [-0.39, 0.29) is 65.6 Å². The lowest BCUT2D eigenvalue weighted by Crippen LogP contribution is -2.58. The number of carbonyl (C=O) groups excluding carboxylic acids is 4. The van der Waals surface area contributed by atoms with Crippen molar-refractivity contribution in [1.29, 1.82) is 5.41 Å². The summed E-state index contributed by atoms with van der Waals surface area (Å²) < 4.78 is 156. The number of amidine groups is 1. The van der Waals surface area contributed by atoms with Crippen LogP contribution in [0.1, 0.15) is 40.7 Å². The van der Waals surface area contributed by atoms with Gasteiger partial charge in [-0.3, -0.25) is 38.2 Å². The third-order valence-corrected chi connectivity index (χ3v) is 15.9. The number of thioether (sulfide) groups is 1. The number of nitrogens with one attached hydrogen (secondary N) is 5. The second kappa shape index (κ2) is 28.8. The van der Waals surface area contributed by atoms with Crippen molar-refractivity contribution in [2.45, 2.75) is 67.1 Å². The summed E-state index contributed by atoms with van der Waals surface area (Å²) in [6, 6.07) is 21.4. The maximum atomic E-state index is 14.3. The molecule has 33 heteroatoms. The van der Waals surface area contributed by atoms with Crippen LogP contribution in [0.5, 0.6) is 0 Å². The highest BCUT2D eigenvalue weighted by molar-refractivity contribution is 8.00. The molecule has 0 bridgehead atoms. The van der Waals surface area contributed by atoms with Gasteiger partial charge in [0.2, 0.25) is 27.7 Å². The molecular weight excluding hydrogens is 1160 g/mol. The van der Waals surface area contributed by atoms with Crippen LogP contribution in [0.25, 0.3) is 10.8 Å². The predicted molar refractivity (Wildman–Crippen MR) is 287 cm³/mol. The molecule has 4 amide bonds. The number of amides is 4. The fourth-order valence-electron chi connectivity index (χ4n) is 8.30. The number of likely N-dealkylation sites (tertiary alicyclic amines) is 1. The number of hydrogen-bond acceptors (Lipinski definition) is 20. The van der Waals surface area contributed by atoms with E-state index in [1.54, 1.807) is 53.4 Å². The minimum atomic E-state index is -5.37. The number of piperidine rings is 1. The second-order valence-electron chi connectivity index (χ2n) is 17.9. The second-order valence-corrected chi connectivity index (χ2v) is 23.9. The monoisotopic (exact) mass is 1220 g/mol. The Kier molecular flexibility index (Phi) is 22.8. The fourth-order valence-corrected chi connectivity index (χ4v) is 11.8. The number of ether oxygens (including phenoxy) is 3. The molecule has 0 aromatic heterocycles. The summed E-state index contributed by atoms with van der Waals surface area (Å²) in [5.74, 6) is -2.91. The number of nitrogens with two attached hydrogens (primary N) is 1. The first-order chi connectivity index (χ1) is 37.7. The van der Waals surface area contributed by atoms with Gasteiger partial charge in [0.15, 0.2) is 0 Å². The number of anilines is 1. The molecule has 6 atom stereocenters. The van der Waals surface area contributed by atoms with E-state index >= 15 is 0 Å². The Labute approximate surface area is 465 Å². The average molecular weight is 1220 g/mol. The molecule has 4 aromatic rings. The van der Waals surface area contributed by atoms with Crippen LogP contribution in [0.4, 0.5) is 5.69 Å². The van der Waals surface area contributed by atoms with Crippen molar-refractivity contribution in [2.75, 3.05) is 69.5 Å². The van der Waals surface area contributed by atoms with Gasteiger partial charge in [0.25, 0.3) is 5.91 Å². The van der Waals surface area contributed by atoms with Gasteiger partial charge in [-0.15, -0.1) is 11.8 Å². The van der Waals surface area contributed by atoms with Gasteiger partial charge in [-0.05, 0) is 72.0 Å². The summed E-state index contributed by atoms with van der Waals surface area (Å²) >= 11 is 0.945. The Bertz CT molecular complexity index is 3280. The Balaban J connectivity index is 1.02. The third-order valence-electron chi connectivity index (χ3n) is 12.0. The van der Waals surface area contributed by atoms with Crippen molar-refractivity contribution in [3.63, 3.8) is 0 Å². The standard InChI is InChI=1S/C47H59N7O21S5/c48-44(49)32-10-8-30(9-11-32)24-37(47(58)54-19-4-1-5-20-54)52-46(57)38(53-77(59,60)36-17-14-31-6-2-3-7-34(31)25-36)28-76-29-41(55)51-35-15-12-33(13-16-35)45(56)50-18-21-70-22-23-71-42-39(27-73-78(61,62)63)72-26-40(74-79(64,65)66)43(42)75-80(67,68)69/h2-3,6-17,25,37-40,42-43,53H,1,4-5,18-24,26-29H2,(H3,48,49)(H,50,56)(H,51,55)(H,52,57)(H,61,62,63)(H,64,65,66)(H,67,68,69)/t37?,38-,39?,40?,42+,43-/m0/s1. The van der Waals surface area contributed by atoms with Gasteiger partial charge < -0.3 is 40.8 Å². The van der Waals surface area contributed by atoms with Crippen LogP contribution >= 0.6 is 11.8 Å². The van der Waals surface area contributed by atoms with E-state index in [9.17, 15) is 57.4 Å². The third kappa shape index (κ3) is 20.3. The predicted octanol–water partition coefficient (Wildman–Crippen LogP) is 0.608. The number of hydrogen-bond donors (Lipinski definition) is 9. The van der Waals surface area contributed by atoms with Gasteiger partial charge in [0, 0.05) is 48.6 Å². The van der Waals surface area contributed by atoms with E-state index < -0.39 is 115 Å². The van der Waals surface area contributed by atoms with Gasteiger partial charge in [-0.2, -0.15) is 30.0 Å². The first-order valence-electron chi connectivity index (χ1n) is 24.3. The molecule has 0 spiro atoms. The zero-order valence-electron chi connectivity index (χ0n) is 42.3. The lowest BCUT2D eigenvalue weighted by atomic mass is 10.0. The molecule has 0 saturated carbocycles. The number of carbonyl (C=O) groups is 4. The van der Waals surface area contributed by atoms with E-state index in [2.05, 4.69) is 33.2 Å². The summed E-state index contributed by atoms with van der Waals surface area (Å²) in [5.41, 5.74) is 7.20. The van der Waals surface area contributed by atoms with Crippen molar-refractivity contribution < 1.29 is 93.3 Å². The van der Waals surface area contributed by atoms with E-state index in [0.29, 0.717) is 29.6 Å². The zero-order valence-corrected chi connectivity index (χ0v) is 46.4. The number of sulfonamides is 1. The summed E-state index contributed by atoms with van der Waals surface area (Å²) in [6.45, 7) is -1.91. The number of benzene rings is 4. The topological polar surface area (TPSA) is 422 Å². The van der Waals surface area contributed by atoms with Gasteiger partial charge in [-0.25, -0.2) is 21.0 Å². The normalized spacial score (nSPS) is 18.9. The quantitative estimate of drug-likeness (QED) is 0.0156. The molecule has 2 aliphatic rings. The van der Waals surface area contributed by atoms with E-state index in [0.717, 1.165) is 36.4 Å². The van der Waals surface area contributed by atoms with Crippen molar-refractivity contribution in [3.8, 4) is 0 Å². The molecule has 28 nitrogen and oxygen atoms in total. The largest absolute Gasteiger partial charge is 0.397 e. The Morgan fingerprint density at radius 3 is 2.08 bits per heavy atom. The Morgan fingerprint density at radius 1 is 0.762 bits per heavy atom. The smallest absolute Gasteiger partial charge is 0.384 e. The maximum absolute atomic E-state index is 14.3. The molecular formula is C47H59N7O21S5. The lowest BCUT2D eigenvalue weighted by molar-refractivity contribution is -0.200. The lowest BCUT2D eigenvalue weighted by Gasteiger charge is -2.40. The minimum absolute atomic E-state index is 0.0452. The molecule has 6 rings (SSSR count). The van der Waals surface area contributed by atoms with Crippen LogP contribution in [0.2, 0.25) is 0 Å². The number of rotatable bonds is 29. The number of fused-ring (bicyclic) bond motifs is 1. The molecule has 0 aliphatic carbocycles. The van der Waals surface area contributed by atoms with Crippen molar-refractivity contribution in [2.24, 2.45) is 5.73 Å². The average Bonchev–Trinajstić information content (AvgIpc) is 3.39. The van der Waals surface area contributed by atoms with Crippen LogP contribution in [-0.2, 0) is 88.8 Å². The first-order valence-corrected chi connectivity index (χ1v) is 31.0. The van der Waals surface area contributed by atoms with E-state index in [1.165, 1.54) is 36.4 Å². The number of nitrogens with zero attached hydrogens (tertiary/aromatic N) is 1. The molecule has 2 fully saturated rings. The summed E-state index contributed by atoms with van der Waals surface area (Å²) in [7, 11) is -20.1. The minimum Gasteiger partial charge on any atom is -0.384 e. The SMILES string of the molecule is N=C(N)c1ccc(CC(NC(=O)[C@H](CSCC(=O)Nc2ccc(C(=O)NCCOCCO[C@@H]3C(COS(=O)(=O)O)OCC(OS(=O)(=O)O)[C@@H]3OS(=O)(=O)O)cc2)NS(=O)(=O)c2ccc3ccccc3c2)C(=O)N2CCCCC2)cc1. The highest BCUT2D eigenvalue weighted by Gasteiger charge is 2.47. The molecule has 3 unspecified atom stereocenters. The summed E-state index contributed by atoms with van der Waals surface area (Å²) in [6.07, 6.45) is -4.92. The van der Waals surface area contributed by atoms with Crippen LogP contribution in [0.3, 0.4) is 0 Å².